The van der Waals surface area contributed by atoms with E-state index in [0.29, 0.717) is 11.8 Å². The number of rotatable bonds is 10. The summed E-state index contributed by atoms with van der Waals surface area (Å²) in [5.41, 5.74) is 1.39. The van der Waals surface area contributed by atoms with Gasteiger partial charge in [0, 0.05) is 39.3 Å². The van der Waals surface area contributed by atoms with E-state index in [1.807, 2.05) is 7.05 Å². The van der Waals surface area contributed by atoms with Crippen LogP contribution in [0.5, 0.6) is 0 Å². The Morgan fingerprint density at radius 2 is 2.04 bits per heavy atom. The number of benzene rings is 1. The molecular weight excluding hydrogens is 441 g/mol. The summed E-state index contributed by atoms with van der Waals surface area (Å²) in [6.45, 7) is 7.40. The van der Waals surface area contributed by atoms with E-state index in [4.69, 9.17) is 9.47 Å². The van der Waals surface area contributed by atoms with Gasteiger partial charge >= 0.3 is 0 Å². The van der Waals surface area contributed by atoms with Gasteiger partial charge in [0.25, 0.3) is 0 Å². The standard InChI is InChI=1S/C20H33N3O2.HI/c1-17(19-7-4-3-5-8-19)9-12-23-20(21-2)22-11-6-13-24-15-18-10-14-25-16-18;/h3-5,7-8,17-18H,6,9-16H2,1-2H3,(H2,21,22,23);1H. The van der Waals surface area contributed by atoms with Gasteiger partial charge in [-0.2, -0.15) is 0 Å². The number of nitrogens with zero attached hydrogens (tertiary/aromatic N) is 1. The van der Waals surface area contributed by atoms with Crippen molar-refractivity contribution in [1.82, 2.24) is 10.6 Å². The summed E-state index contributed by atoms with van der Waals surface area (Å²) in [4.78, 5) is 4.28. The molecule has 1 aromatic carbocycles. The van der Waals surface area contributed by atoms with Crippen LogP contribution in [0.25, 0.3) is 0 Å². The summed E-state index contributed by atoms with van der Waals surface area (Å²) in [5, 5.41) is 6.73. The van der Waals surface area contributed by atoms with Gasteiger partial charge in [0.05, 0.1) is 13.2 Å². The summed E-state index contributed by atoms with van der Waals surface area (Å²) in [6.07, 6.45) is 3.20. The lowest BCUT2D eigenvalue weighted by Gasteiger charge is -2.15. The van der Waals surface area contributed by atoms with Crippen molar-refractivity contribution >= 4 is 29.9 Å². The first-order chi connectivity index (χ1) is 12.3. The van der Waals surface area contributed by atoms with Crippen LogP contribution in [-0.4, -0.2) is 52.5 Å². The molecule has 1 aromatic rings. The molecule has 2 unspecified atom stereocenters. The van der Waals surface area contributed by atoms with Crippen LogP contribution < -0.4 is 10.6 Å². The molecule has 1 saturated heterocycles. The van der Waals surface area contributed by atoms with E-state index in [-0.39, 0.29) is 24.0 Å². The highest BCUT2D eigenvalue weighted by Crippen LogP contribution is 2.17. The monoisotopic (exact) mass is 475 g/mol. The van der Waals surface area contributed by atoms with E-state index < -0.39 is 0 Å². The predicted molar refractivity (Wildman–Crippen MR) is 119 cm³/mol. The molecule has 2 atom stereocenters. The molecule has 26 heavy (non-hydrogen) atoms. The van der Waals surface area contributed by atoms with Crippen LogP contribution in [-0.2, 0) is 9.47 Å². The molecule has 0 amide bonds. The second-order valence-electron chi connectivity index (χ2n) is 6.68. The van der Waals surface area contributed by atoms with Crippen molar-refractivity contribution in [3.8, 4) is 0 Å². The Hall–Kier alpha value is -0.860. The van der Waals surface area contributed by atoms with Crippen molar-refractivity contribution in [2.24, 2.45) is 10.9 Å². The Balaban J connectivity index is 0.00000338. The molecule has 1 heterocycles. The maximum Gasteiger partial charge on any atom is 0.190 e. The van der Waals surface area contributed by atoms with E-state index in [9.17, 15) is 0 Å². The minimum absolute atomic E-state index is 0. The number of hydrogen-bond donors (Lipinski definition) is 2. The third-order valence-electron chi connectivity index (χ3n) is 4.60. The van der Waals surface area contributed by atoms with Gasteiger partial charge in [-0.05, 0) is 30.7 Å². The lowest BCUT2D eigenvalue weighted by Crippen LogP contribution is -2.38. The molecule has 6 heteroatoms. The number of aliphatic imine (C=N–C) groups is 1. The molecule has 1 fully saturated rings. The Bertz CT molecular complexity index is 493. The second-order valence-corrected chi connectivity index (χ2v) is 6.68. The lowest BCUT2D eigenvalue weighted by atomic mass is 9.98. The normalized spacial score (nSPS) is 18.2. The molecule has 5 nitrogen and oxygen atoms in total. The highest BCUT2D eigenvalue weighted by molar-refractivity contribution is 14.0. The molecule has 0 aromatic heterocycles. The fourth-order valence-electron chi connectivity index (χ4n) is 2.92. The Kier molecular flexibility index (Phi) is 12.7. The predicted octanol–water partition coefficient (Wildman–Crippen LogP) is 3.41. The van der Waals surface area contributed by atoms with Crippen LogP contribution in [0.15, 0.2) is 35.3 Å². The number of guanidine groups is 1. The topological polar surface area (TPSA) is 54.9 Å². The molecule has 2 N–H and O–H groups in total. The third kappa shape index (κ3) is 9.19. The van der Waals surface area contributed by atoms with E-state index in [0.717, 1.165) is 64.7 Å². The fourth-order valence-corrected chi connectivity index (χ4v) is 2.92. The molecule has 1 aliphatic heterocycles. The molecule has 0 radical (unpaired) electrons. The van der Waals surface area contributed by atoms with Crippen molar-refractivity contribution < 1.29 is 9.47 Å². The smallest absolute Gasteiger partial charge is 0.190 e. The van der Waals surface area contributed by atoms with Gasteiger partial charge in [0.1, 0.15) is 0 Å². The Morgan fingerprint density at radius 3 is 2.73 bits per heavy atom. The van der Waals surface area contributed by atoms with E-state index in [1.165, 1.54) is 5.56 Å². The maximum absolute atomic E-state index is 5.71. The first-order valence-corrected chi connectivity index (χ1v) is 9.44. The van der Waals surface area contributed by atoms with Crippen LogP contribution in [0.4, 0.5) is 0 Å². The zero-order chi connectivity index (χ0) is 17.7. The highest BCUT2D eigenvalue weighted by Gasteiger charge is 2.15. The van der Waals surface area contributed by atoms with Crippen molar-refractivity contribution in [2.45, 2.75) is 32.1 Å². The second kappa shape index (κ2) is 14.2. The van der Waals surface area contributed by atoms with Gasteiger partial charge in [0.15, 0.2) is 5.96 Å². The van der Waals surface area contributed by atoms with Crippen LogP contribution in [0.2, 0.25) is 0 Å². The number of halogens is 1. The van der Waals surface area contributed by atoms with Crippen LogP contribution in [0.1, 0.15) is 37.7 Å². The van der Waals surface area contributed by atoms with Gasteiger partial charge in [0.2, 0.25) is 0 Å². The summed E-state index contributed by atoms with van der Waals surface area (Å²) in [6, 6.07) is 10.6. The minimum Gasteiger partial charge on any atom is -0.381 e. The highest BCUT2D eigenvalue weighted by atomic mass is 127. The van der Waals surface area contributed by atoms with Crippen molar-refractivity contribution in [1.29, 1.82) is 0 Å². The fraction of sp³-hybridized carbons (Fsp3) is 0.650. The number of hydrogen-bond acceptors (Lipinski definition) is 3. The zero-order valence-electron chi connectivity index (χ0n) is 16.1. The third-order valence-corrected chi connectivity index (χ3v) is 4.60. The molecule has 1 aliphatic rings. The van der Waals surface area contributed by atoms with Crippen LogP contribution in [0, 0.1) is 5.92 Å². The first kappa shape index (κ1) is 23.2. The number of nitrogens with one attached hydrogen (secondary N) is 2. The summed E-state index contributed by atoms with van der Waals surface area (Å²) in [7, 11) is 1.81. The van der Waals surface area contributed by atoms with Gasteiger partial charge in [-0.3, -0.25) is 4.99 Å². The quantitative estimate of drug-likeness (QED) is 0.236. The largest absolute Gasteiger partial charge is 0.381 e. The molecule has 0 bridgehead atoms. The Labute approximate surface area is 175 Å². The maximum atomic E-state index is 5.71. The van der Waals surface area contributed by atoms with Gasteiger partial charge in [-0.15, -0.1) is 24.0 Å². The molecule has 0 spiro atoms. The molecule has 0 aliphatic carbocycles. The lowest BCUT2D eigenvalue weighted by molar-refractivity contribution is 0.0888. The molecule has 2 rings (SSSR count). The van der Waals surface area contributed by atoms with E-state index in [2.05, 4.69) is 52.9 Å². The number of ether oxygens (including phenoxy) is 2. The molecule has 0 saturated carbocycles. The summed E-state index contributed by atoms with van der Waals surface area (Å²) in [5.74, 6) is 2.00. The van der Waals surface area contributed by atoms with Gasteiger partial charge in [-0.1, -0.05) is 37.3 Å². The SMILES string of the molecule is CN=C(NCCCOCC1CCOC1)NCCC(C)c1ccccc1.I. The zero-order valence-corrected chi connectivity index (χ0v) is 18.4. The summed E-state index contributed by atoms with van der Waals surface area (Å²) >= 11 is 0. The molecule has 148 valence electrons. The minimum atomic E-state index is 0. The Morgan fingerprint density at radius 1 is 1.27 bits per heavy atom. The van der Waals surface area contributed by atoms with Crippen LogP contribution >= 0.6 is 24.0 Å². The van der Waals surface area contributed by atoms with Gasteiger partial charge < -0.3 is 20.1 Å². The van der Waals surface area contributed by atoms with Crippen LogP contribution in [0.3, 0.4) is 0 Å². The van der Waals surface area contributed by atoms with Gasteiger partial charge in [-0.25, -0.2) is 0 Å². The average Bonchev–Trinajstić information content (AvgIpc) is 3.17. The average molecular weight is 475 g/mol. The van der Waals surface area contributed by atoms with Crippen molar-refractivity contribution in [2.75, 3.05) is 46.6 Å². The molecular formula is C20H34IN3O2. The van der Waals surface area contributed by atoms with Crippen molar-refractivity contribution in [3.05, 3.63) is 35.9 Å². The summed E-state index contributed by atoms with van der Waals surface area (Å²) < 4.78 is 11.1. The first-order valence-electron chi connectivity index (χ1n) is 9.44. The van der Waals surface area contributed by atoms with E-state index in [1.54, 1.807) is 0 Å². The van der Waals surface area contributed by atoms with Crippen molar-refractivity contribution in [3.63, 3.8) is 0 Å². The van der Waals surface area contributed by atoms with E-state index >= 15 is 0 Å².